The summed E-state index contributed by atoms with van der Waals surface area (Å²) in [5.74, 6) is -0.441. The number of para-hydroxylation sites is 1. The Kier molecular flexibility index (Phi) is 4.10. The maximum absolute atomic E-state index is 12.1. The number of carbonyl (C=O) groups excluding carboxylic acids is 1. The molecule has 0 radical (unpaired) electrons. The number of nitro benzene ring substituents is 1. The van der Waals surface area contributed by atoms with Gasteiger partial charge < -0.3 is 5.32 Å². The highest BCUT2D eigenvalue weighted by Crippen LogP contribution is 2.22. The van der Waals surface area contributed by atoms with E-state index in [4.69, 9.17) is 0 Å². The van der Waals surface area contributed by atoms with Crippen LogP contribution in [0.4, 0.5) is 5.69 Å². The van der Waals surface area contributed by atoms with E-state index in [0.29, 0.717) is 12.1 Å². The molecule has 0 spiro atoms. The molecule has 2 rings (SSSR count). The average Bonchev–Trinajstić information content (AvgIpc) is 2.45. The van der Waals surface area contributed by atoms with Crippen LogP contribution in [0, 0.1) is 17.0 Å². The quantitative estimate of drug-likeness (QED) is 0.685. The first kappa shape index (κ1) is 13.7. The Hall–Kier alpha value is -2.69. The Morgan fingerprint density at radius 1 is 1.15 bits per heavy atom. The topological polar surface area (TPSA) is 72.2 Å². The van der Waals surface area contributed by atoms with Gasteiger partial charge in [-0.25, -0.2) is 0 Å². The van der Waals surface area contributed by atoms with Crippen molar-refractivity contribution in [3.63, 3.8) is 0 Å². The van der Waals surface area contributed by atoms with Gasteiger partial charge in [0.1, 0.15) is 5.56 Å². The Morgan fingerprint density at radius 3 is 2.50 bits per heavy atom. The second kappa shape index (κ2) is 5.97. The minimum Gasteiger partial charge on any atom is -0.348 e. The predicted octanol–water partition coefficient (Wildman–Crippen LogP) is 2.83. The predicted molar refractivity (Wildman–Crippen MR) is 75.4 cm³/mol. The minimum absolute atomic E-state index is 0.0888. The van der Waals surface area contributed by atoms with Crippen LogP contribution >= 0.6 is 0 Å². The Morgan fingerprint density at radius 2 is 1.85 bits per heavy atom. The highest BCUT2D eigenvalue weighted by atomic mass is 16.6. The zero-order valence-corrected chi connectivity index (χ0v) is 11.0. The summed E-state index contributed by atoms with van der Waals surface area (Å²) in [6.07, 6.45) is 0. The molecule has 2 aromatic rings. The van der Waals surface area contributed by atoms with E-state index in [9.17, 15) is 14.9 Å². The third kappa shape index (κ3) is 3.00. The van der Waals surface area contributed by atoms with Crippen molar-refractivity contribution in [3.8, 4) is 0 Å². The number of carbonyl (C=O) groups is 1. The average molecular weight is 270 g/mol. The molecule has 0 atom stereocenters. The molecule has 0 saturated carbocycles. The molecule has 5 nitrogen and oxygen atoms in total. The molecule has 1 N–H and O–H groups in total. The van der Waals surface area contributed by atoms with Crippen molar-refractivity contribution in [2.24, 2.45) is 0 Å². The molecule has 0 aromatic heterocycles. The smallest absolute Gasteiger partial charge is 0.285 e. The van der Waals surface area contributed by atoms with Gasteiger partial charge in [-0.1, -0.05) is 42.5 Å². The Balaban J connectivity index is 2.18. The van der Waals surface area contributed by atoms with E-state index in [1.54, 1.807) is 19.1 Å². The lowest BCUT2D eigenvalue weighted by Gasteiger charge is -2.07. The molecule has 0 unspecified atom stereocenters. The number of benzene rings is 2. The van der Waals surface area contributed by atoms with Gasteiger partial charge in [0.15, 0.2) is 0 Å². The zero-order chi connectivity index (χ0) is 14.5. The van der Waals surface area contributed by atoms with Crippen molar-refractivity contribution < 1.29 is 9.72 Å². The van der Waals surface area contributed by atoms with E-state index in [2.05, 4.69) is 5.32 Å². The van der Waals surface area contributed by atoms with Gasteiger partial charge in [-0.2, -0.15) is 0 Å². The summed E-state index contributed by atoms with van der Waals surface area (Å²) in [7, 11) is 0. The maximum atomic E-state index is 12.1. The molecule has 0 aliphatic carbocycles. The van der Waals surface area contributed by atoms with E-state index in [0.717, 1.165) is 5.56 Å². The first-order chi connectivity index (χ1) is 9.59. The van der Waals surface area contributed by atoms with Crippen molar-refractivity contribution in [3.05, 3.63) is 75.3 Å². The van der Waals surface area contributed by atoms with Crippen LogP contribution < -0.4 is 5.32 Å². The normalized spacial score (nSPS) is 10.1. The summed E-state index contributed by atoms with van der Waals surface area (Å²) in [4.78, 5) is 22.6. The van der Waals surface area contributed by atoms with Gasteiger partial charge in [0, 0.05) is 12.1 Å². The van der Waals surface area contributed by atoms with Gasteiger partial charge in [0.25, 0.3) is 11.6 Å². The van der Waals surface area contributed by atoms with E-state index >= 15 is 0 Å². The van der Waals surface area contributed by atoms with E-state index in [1.165, 1.54) is 6.07 Å². The monoisotopic (exact) mass is 270 g/mol. The Bertz CT molecular complexity index is 639. The summed E-state index contributed by atoms with van der Waals surface area (Å²) in [6.45, 7) is 1.96. The van der Waals surface area contributed by atoms with Crippen molar-refractivity contribution in [1.82, 2.24) is 5.32 Å². The van der Waals surface area contributed by atoms with Gasteiger partial charge in [-0.05, 0) is 18.6 Å². The molecular weight excluding hydrogens is 256 g/mol. The van der Waals surface area contributed by atoms with Crippen LogP contribution in [0.1, 0.15) is 21.5 Å². The summed E-state index contributed by atoms with van der Waals surface area (Å²) in [5, 5.41) is 13.7. The second-order valence-corrected chi connectivity index (χ2v) is 4.40. The number of rotatable bonds is 4. The summed E-state index contributed by atoms with van der Waals surface area (Å²) in [6, 6.07) is 14.1. The standard InChI is InChI=1S/C15H14N2O3/c1-11-6-5-9-13(14(11)17(19)20)15(18)16-10-12-7-3-2-4-8-12/h2-9H,10H2,1H3,(H,16,18). The number of nitrogens with one attached hydrogen (secondary N) is 1. The van der Waals surface area contributed by atoms with Crippen LogP contribution in [0.25, 0.3) is 0 Å². The lowest BCUT2D eigenvalue weighted by atomic mass is 10.1. The first-order valence-corrected chi connectivity index (χ1v) is 6.15. The van der Waals surface area contributed by atoms with Crippen LogP contribution in [0.15, 0.2) is 48.5 Å². The molecule has 0 aliphatic rings. The maximum Gasteiger partial charge on any atom is 0.285 e. The number of hydrogen-bond donors (Lipinski definition) is 1. The van der Waals surface area contributed by atoms with Gasteiger partial charge in [-0.15, -0.1) is 0 Å². The number of amides is 1. The second-order valence-electron chi connectivity index (χ2n) is 4.40. The third-order valence-electron chi connectivity index (χ3n) is 2.96. The van der Waals surface area contributed by atoms with E-state index in [-0.39, 0.29) is 11.3 Å². The Labute approximate surface area is 116 Å². The van der Waals surface area contributed by atoms with Crippen molar-refractivity contribution in [2.75, 3.05) is 0 Å². The van der Waals surface area contributed by atoms with Crippen LogP contribution in [0.2, 0.25) is 0 Å². The van der Waals surface area contributed by atoms with Crippen LogP contribution in [-0.4, -0.2) is 10.8 Å². The lowest BCUT2D eigenvalue weighted by molar-refractivity contribution is -0.385. The molecule has 5 heteroatoms. The van der Waals surface area contributed by atoms with Crippen molar-refractivity contribution in [2.45, 2.75) is 13.5 Å². The van der Waals surface area contributed by atoms with Gasteiger partial charge >= 0.3 is 0 Å². The molecule has 20 heavy (non-hydrogen) atoms. The van der Waals surface area contributed by atoms with E-state index < -0.39 is 10.8 Å². The van der Waals surface area contributed by atoms with Crippen LogP contribution in [0.3, 0.4) is 0 Å². The molecule has 0 fully saturated rings. The number of aryl methyl sites for hydroxylation is 1. The molecule has 0 heterocycles. The highest BCUT2D eigenvalue weighted by molar-refractivity contribution is 5.98. The van der Waals surface area contributed by atoms with Crippen molar-refractivity contribution in [1.29, 1.82) is 0 Å². The SMILES string of the molecule is Cc1cccc(C(=O)NCc2ccccc2)c1[N+](=O)[O-]. The number of nitrogens with zero attached hydrogens (tertiary/aromatic N) is 1. The van der Waals surface area contributed by atoms with Crippen LogP contribution in [0.5, 0.6) is 0 Å². The molecule has 1 amide bonds. The lowest BCUT2D eigenvalue weighted by Crippen LogP contribution is -2.23. The fourth-order valence-corrected chi connectivity index (χ4v) is 1.96. The van der Waals surface area contributed by atoms with Gasteiger partial charge in [-0.3, -0.25) is 14.9 Å². The van der Waals surface area contributed by atoms with Crippen molar-refractivity contribution >= 4 is 11.6 Å². The fourth-order valence-electron chi connectivity index (χ4n) is 1.96. The third-order valence-corrected chi connectivity index (χ3v) is 2.96. The number of hydrogen-bond acceptors (Lipinski definition) is 3. The summed E-state index contributed by atoms with van der Waals surface area (Å²) < 4.78 is 0. The molecular formula is C15H14N2O3. The van der Waals surface area contributed by atoms with Gasteiger partial charge in [0.2, 0.25) is 0 Å². The zero-order valence-electron chi connectivity index (χ0n) is 11.0. The highest BCUT2D eigenvalue weighted by Gasteiger charge is 2.21. The largest absolute Gasteiger partial charge is 0.348 e. The summed E-state index contributed by atoms with van der Waals surface area (Å²) >= 11 is 0. The molecule has 102 valence electrons. The molecule has 0 bridgehead atoms. The van der Waals surface area contributed by atoms with Crippen LogP contribution in [-0.2, 0) is 6.54 Å². The first-order valence-electron chi connectivity index (χ1n) is 6.15. The fraction of sp³-hybridized carbons (Fsp3) is 0.133. The minimum atomic E-state index is -0.521. The van der Waals surface area contributed by atoms with E-state index in [1.807, 2.05) is 30.3 Å². The molecule has 2 aromatic carbocycles. The molecule has 0 aliphatic heterocycles. The molecule has 0 saturated heterocycles. The summed E-state index contributed by atoms with van der Waals surface area (Å²) in [5.41, 5.74) is 1.36. The van der Waals surface area contributed by atoms with Gasteiger partial charge in [0.05, 0.1) is 4.92 Å². The number of nitro groups is 1.